The largest absolute Gasteiger partial charge is 0.481 e. The normalized spacial score (nSPS) is 21.5. The lowest BCUT2D eigenvalue weighted by atomic mass is 9.84. The molecule has 0 aromatic heterocycles. The molecule has 0 bridgehead atoms. The van der Waals surface area contributed by atoms with Gasteiger partial charge in [-0.25, -0.2) is 0 Å². The molecule has 1 N–H and O–H groups in total. The van der Waals surface area contributed by atoms with Gasteiger partial charge in [-0.1, -0.05) is 24.3 Å². The van der Waals surface area contributed by atoms with Crippen LogP contribution in [0.5, 0.6) is 5.75 Å². The van der Waals surface area contributed by atoms with Gasteiger partial charge in [0.25, 0.3) is 0 Å². The Balaban J connectivity index is 2.19. The number of carbonyl (C=O) groups is 1. The zero-order chi connectivity index (χ0) is 11.8. The highest BCUT2D eigenvalue weighted by Crippen LogP contribution is 2.43. The second-order valence-electron chi connectivity index (χ2n) is 4.22. The van der Waals surface area contributed by atoms with Gasteiger partial charge in [-0.3, -0.25) is 4.79 Å². The van der Waals surface area contributed by atoms with Crippen LogP contribution in [0.3, 0.4) is 0 Å². The first-order chi connectivity index (χ1) is 8.27. The van der Waals surface area contributed by atoms with Crippen LogP contribution in [0.4, 0.5) is 0 Å². The van der Waals surface area contributed by atoms with E-state index < -0.39 is 11.9 Å². The second kappa shape index (κ2) is 3.77. The lowest BCUT2D eigenvalue weighted by molar-refractivity contribution is -0.138. The molecule has 0 saturated heterocycles. The highest BCUT2D eigenvalue weighted by molar-refractivity contribution is 5.83. The van der Waals surface area contributed by atoms with Gasteiger partial charge in [0.15, 0.2) is 0 Å². The number of ether oxygens (including phenoxy) is 1. The summed E-state index contributed by atoms with van der Waals surface area (Å²) in [6, 6.07) is 7.34. The monoisotopic (exact) mass is 228 g/mol. The third-order valence-corrected chi connectivity index (χ3v) is 3.15. The second-order valence-corrected chi connectivity index (χ2v) is 4.22. The van der Waals surface area contributed by atoms with Gasteiger partial charge in [0.05, 0.1) is 0 Å². The summed E-state index contributed by atoms with van der Waals surface area (Å²) >= 11 is 0. The molecule has 3 heteroatoms. The van der Waals surface area contributed by atoms with Crippen LogP contribution in [0.15, 0.2) is 47.7 Å². The molecule has 1 aliphatic heterocycles. The van der Waals surface area contributed by atoms with Crippen molar-refractivity contribution in [2.45, 2.75) is 18.8 Å². The van der Waals surface area contributed by atoms with E-state index in [4.69, 9.17) is 4.74 Å². The summed E-state index contributed by atoms with van der Waals surface area (Å²) in [6.45, 7) is 0. The van der Waals surface area contributed by atoms with Gasteiger partial charge < -0.3 is 9.84 Å². The number of fused-ring (bicyclic) bond motifs is 2. The number of para-hydroxylation sites is 1. The molecule has 2 aliphatic rings. The Bertz CT molecular complexity index is 540. The average molecular weight is 228 g/mol. The van der Waals surface area contributed by atoms with Gasteiger partial charge in [-0.05, 0) is 25.0 Å². The van der Waals surface area contributed by atoms with E-state index in [1.807, 2.05) is 36.4 Å². The van der Waals surface area contributed by atoms with Crippen molar-refractivity contribution in [1.82, 2.24) is 0 Å². The van der Waals surface area contributed by atoms with Crippen LogP contribution in [0.25, 0.3) is 0 Å². The maximum Gasteiger partial charge on any atom is 0.315 e. The standard InChI is InChI=1S/C14H12O3/c15-14(16)13-9-5-1-3-7-11(9)17-12-8-4-2-6-10(12)13/h1,3,5-8,13H,2,4H2,(H,15,16). The van der Waals surface area contributed by atoms with Crippen LogP contribution in [-0.2, 0) is 4.79 Å². The molecule has 1 aromatic rings. The first-order valence-corrected chi connectivity index (χ1v) is 5.67. The zero-order valence-corrected chi connectivity index (χ0v) is 9.22. The molecule has 0 radical (unpaired) electrons. The fourth-order valence-electron chi connectivity index (χ4n) is 2.40. The summed E-state index contributed by atoms with van der Waals surface area (Å²) in [5, 5.41) is 9.40. The Morgan fingerprint density at radius 2 is 2.00 bits per heavy atom. The SMILES string of the molecule is O=C(O)C1C2=CCCC=C2Oc2ccccc21. The summed E-state index contributed by atoms with van der Waals surface area (Å²) < 4.78 is 5.75. The minimum Gasteiger partial charge on any atom is -0.481 e. The van der Waals surface area contributed by atoms with Crippen LogP contribution in [0.2, 0.25) is 0 Å². The highest BCUT2D eigenvalue weighted by Gasteiger charge is 2.35. The molecule has 1 atom stereocenters. The molecular formula is C14H12O3. The highest BCUT2D eigenvalue weighted by atomic mass is 16.5. The number of hydrogen-bond donors (Lipinski definition) is 1. The van der Waals surface area contributed by atoms with Gasteiger partial charge in [0.2, 0.25) is 0 Å². The van der Waals surface area contributed by atoms with Crippen LogP contribution in [0, 0.1) is 0 Å². The summed E-state index contributed by atoms with van der Waals surface area (Å²) in [7, 11) is 0. The molecular weight excluding hydrogens is 216 g/mol. The summed E-state index contributed by atoms with van der Waals surface area (Å²) in [6.07, 6.45) is 5.74. The number of aliphatic carboxylic acids is 1. The third kappa shape index (κ3) is 1.55. The molecule has 1 aromatic carbocycles. The molecule has 0 amide bonds. The minimum atomic E-state index is -0.820. The maximum absolute atomic E-state index is 11.4. The molecule has 1 aliphatic carbocycles. The van der Waals surface area contributed by atoms with Crippen molar-refractivity contribution in [3.8, 4) is 5.75 Å². The van der Waals surface area contributed by atoms with E-state index in [0.29, 0.717) is 11.5 Å². The van der Waals surface area contributed by atoms with Gasteiger partial charge in [-0.2, -0.15) is 0 Å². The lowest BCUT2D eigenvalue weighted by Gasteiger charge is -2.29. The van der Waals surface area contributed by atoms with Crippen LogP contribution >= 0.6 is 0 Å². The van der Waals surface area contributed by atoms with Gasteiger partial charge in [0, 0.05) is 11.1 Å². The van der Waals surface area contributed by atoms with Crippen molar-refractivity contribution in [3.05, 3.63) is 53.3 Å². The molecule has 17 heavy (non-hydrogen) atoms. The predicted molar refractivity (Wildman–Crippen MR) is 62.8 cm³/mol. The van der Waals surface area contributed by atoms with Crippen molar-refractivity contribution >= 4 is 5.97 Å². The van der Waals surface area contributed by atoms with Gasteiger partial charge in [-0.15, -0.1) is 0 Å². The molecule has 0 fully saturated rings. The van der Waals surface area contributed by atoms with Crippen molar-refractivity contribution in [3.63, 3.8) is 0 Å². The molecule has 1 heterocycles. The van der Waals surface area contributed by atoms with Gasteiger partial charge in [0.1, 0.15) is 17.4 Å². The first kappa shape index (κ1) is 10.1. The van der Waals surface area contributed by atoms with Crippen LogP contribution in [-0.4, -0.2) is 11.1 Å². The molecule has 0 spiro atoms. The van der Waals surface area contributed by atoms with Crippen molar-refractivity contribution in [2.75, 3.05) is 0 Å². The maximum atomic E-state index is 11.4. The Hall–Kier alpha value is -2.03. The fourth-order valence-corrected chi connectivity index (χ4v) is 2.40. The molecule has 86 valence electrons. The number of carboxylic acid groups (broad SMARTS) is 1. The van der Waals surface area contributed by atoms with E-state index in [1.165, 1.54) is 0 Å². The molecule has 0 saturated carbocycles. The van der Waals surface area contributed by atoms with Crippen LogP contribution in [0.1, 0.15) is 24.3 Å². The summed E-state index contributed by atoms with van der Waals surface area (Å²) in [5.41, 5.74) is 1.53. The Kier molecular flexibility index (Phi) is 2.25. The summed E-state index contributed by atoms with van der Waals surface area (Å²) in [4.78, 5) is 11.4. The minimum absolute atomic E-state index is 0.591. The quantitative estimate of drug-likeness (QED) is 0.803. The van der Waals surface area contributed by atoms with Crippen molar-refractivity contribution in [1.29, 1.82) is 0 Å². The number of carboxylic acids is 1. The molecule has 3 nitrogen and oxygen atoms in total. The van der Waals surface area contributed by atoms with E-state index in [0.717, 1.165) is 24.0 Å². The van der Waals surface area contributed by atoms with E-state index in [2.05, 4.69) is 0 Å². The predicted octanol–water partition coefficient (Wildman–Crippen LogP) is 2.85. The van der Waals surface area contributed by atoms with E-state index in [1.54, 1.807) is 0 Å². The van der Waals surface area contributed by atoms with Crippen molar-refractivity contribution < 1.29 is 14.6 Å². The lowest BCUT2D eigenvalue weighted by Crippen LogP contribution is -2.23. The Morgan fingerprint density at radius 3 is 2.82 bits per heavy atom. The third-order valence-electron chi connectivity index (χ3n) is 3.15. The Morgan fingerprint density at radius 1 is 1.24 bits per heavy atom. The van der Waals surface area contributed by atoms with E-state index in [9.17, 15) is 9.90 Å². The number of benzene rings is 1. The molecule has 1 unspecified atom stereocenters. The number of allylic oxidation sites excluding steroid dienone is 3. The van der Waals surface area contributed by atoms with E-state index in [-0.39, 0.29) is 0 Å². The zero-order valence-electron chi connectivity index (χ0n) is 9.22. The van der Waals surface area contributed by atoms with Gasteiger partial charge >= 0.3 is 5.97 Å². The molecule has 3 rings (SSSR count). The van der Waals surface area contributed by atoms with E-state index >= 15 is 0 Å². The van der Waals surface area contributed by atoms with Crippen molar-refractivity contribution in [2.24, 2.45) is 0 Å². The Labute approximate surface area is 99.0 Å². The first-order valence-electron chi connectivity index (χ1n) is 5.67. The summed E-state index contributed by atoms with van der Waals surface area (Å²) in [5.74, 6) is -0.0427. The number of rotatable bonds is 1. The topological polar surface area (TPSA) is 46.5 Å². The smallest absolute Gasteiger partial charge is 0.315 e. The number of hydrogen-bond acceptors (Lipinski definition) is 2. The van der Waals surface area contributed by atoms with Crippen LogP contribution < -0.4 is 4.74 Å². The fraction of sp³-hybridized carbons (Fsp3) is 0.214. The average Bonchev–Trinajstić information content (AvgIpc) is 2.35.